The normalized spacial score (nSPS) is 11.6. The molecule has 1 radical (unpaired) electrons. The molecule has 0 saturated carbocycles. The molecule has 18 heavy (non-hydrogen) atoms. The lowest BCUT2D eigenvalue weighted by Crippen LogP contribution is -2.05. The lowest BCUT2D eigenvalue weighted by Gasteiger charge is -2.12. The smallest absolute Gasteiger partial charge is 0.166 e. The number of hydrogen-bond acceptors (Lipinski definition) is 0. The van der Waals surface area contributed by atoms with E-state index in [1.807, 2.05) is 19.9 Å². The van der Waals surface area contributed by atoms with Crippen molar-refractivity contribution in [3.05, 3.63) is 59.2 Å². The van der Waals surface area contributed by atoms with Gasteiger partial charge in [0.1, 0.15) is 0 Å². The van der Waals surface area contributed by atoms with E-state index < -0.39 is 11.7 Å². The van der Waals surface area contributed by atoms with Gasteiger partial charge in [-0.25, -0.2) is 0 Å². The minimum absolute atomic E-state index is 0.613. The van der Waals surface area contributed by atoms with Crippen molar-refractivity contribution < 1.29 is 13.2 Å². The van der Waals surface area contributed by atoms with Gasteiger partial charge in [0.15, 0.2) is 0 Å². The molecule has 3 heteroatoms. The van der Waals surface area contributed by atoms with Gasteiger partial charge in [-0.2, -0.15) is 13.2 Å². The minimum Gasteiger partial charge on any atom is -0.166 e. The van der Waals surface area contributed by atoms with E-state index >= 15 is 0 Å². The van der Waals surface area contributed by atoms with E-state index in [-0.39, 0.29) is 0 Å². The van der Waals surface area contributed by atoms with Crippen LogP contribution in [0.25, 0.3) is 11.1 Å². The summed E-state index contributed by atoms with van der Waals surface area (Å²) < 4.78 is 38.1. The van der Waals surface area contributed by atoms with Crippen LogP contribution in [0.1, 0.15) is 16.7 Å². The Bertz CT molecular complexity index is 568. The van der Waals surface area contributed by atoms with Crippen LogP contribution >= 0.6 is 0 Å². The van der Waals surface area contributed by atoms with Crippen LogP contribution in [0.4, 0.5) is 13.2 Å². The summed E-state index contributed by atoms with van der Waals surface area (Å²) in [7, 11) is 0. The number of benzene rings is 2. The number of aryl methyl sites for hydroxylation is 2. The number of rotatable bonds is 1. The van der Waals surface area contributed by atoms with Gasteiger partial charge >= 0.3 is 6.18 Å². The van der Waals surface area contributed by atoms with Crippen molar-refractivity contribution in [3.8, 4) is 11.1 Å². The van der Waals surface area contributed by atoms with Gasteiger partial charge in [-0.1, -0.05) is 24.3 Å². The molecule has 0 saturated heterocycles. The molecule has 0 atom stereocenters. The highest BCUT2D eigenvalue weighted by atomic mass is 19.4. The number of hydrogen-bond donors (Lipinski definition) is 0. The average molecular weight is 249 g/mol. The summed E-state index contributed by atoms with van der Waals surface area (Å²) in [5.74, 6) is 0. The van der Waals surface area contributed by atoms with Gasteiger partial charge < -0.3 is 0 Å². The maximum absolute atomic E-state index is 12.7. The Balaban J connectivity index is 2.57. The molecule has 0 heterocycles. The third kappa shape index (κ3) is 2.55. The predicted octanol–water partition coefficient (Wildman–Crippen LogP) is 4.79. The van der Waals surface area contributed by atoms with Crippen molar-refractivity contribution in [2.24, 2.45) is 0 Å². The molecule has 0 aliphatic heterocycles. The maximum atomic E-state index is 12.7. The summed E-state index contributed by atoms with van der Waals surface area (Å²) in [5.41, 5.74) is 2.52. The summed E-state index contributed by atoms with van der Waals surface area (Å²) in [4.78, 5) is 0. The summed E-state index contributed by atoms with van der Waals surface area (Å²) in [6, 6.07) is 12.1. The highest BCUT2D eigenvalue weighted by Crippen LogP contribution is 2.33. The maximum Gasteiger partial charge on any atom is 0.416 e. The number of alkyl halides is 3. The van der Waals surface area contributed by atoms with Crippen LogP contribution in [0.2, 0.25) is 0 Å². The summed E-state index contributed by atoms with van der Waals surface area (Å²) in [6.07, 6.45) is -4.31. The molecule has 0 nitrogen and oxygen atoms in total. The number of halogens is 3. The fourth-order valence-corrected chi connectivity index (χ4v) is 1.86. The van der Waals surface area contributed by atoms with Crippen LogP contribution in [-0.4, -0.2) is 0 Å². The van der Waals surface area contributed by atoms with Crippen LogP contribution in [0.5, 0.6) is 0 Å². The second-order valence-electron chi connectivity index (χ2n) is 4.29. The Morgan fingerprint density at radius 1 is 1.00 bits per heavy atom. The fraction of sp³-hybridized carbons (Fsp3) is 0.200. The minimum atomic E-state index is -4.31. The van der Waals surface area contributed by atoms with Gasteiger partial charge in [-0.05, 0) is 54.3 Å². The Labute approximate surface area is 104 Å². The van der Waals surface area contributed by atoms with E-state index in [1.54, 1.807) is 12.1 Å². The van der Waals surface area contributed by atoms with Gasteiger partial charge in [0, 0.05) is 0 Å². The summed E-state index contributed by atoms with van der Waals surface area (Å²) >= 11 is 0. The largest absolute Gasteiger partial charge is 0.416 e. The second kappa shape index (κ2) is 4.48. The molecule has 0 aliphatic rings. The Morgan fingerprint density at radius 2 is 1.72 bits per heavy atom. The van der Waals surface area contributed by atoms with Crippen molar-refractivity contribution in [3.63, 3.8) is 0 Å². The summed E-state index contributed by atoms with van der Waals surface area (Å²) in [6.45, 7) is 3.67. The molecule has 93 valence electrons. The predicted molar refractivity (Wildman–Crippen MR) is 65.2 cm³/mol. The molecule has 0 amide bonds. The third-order valence-electron chi connectivity index (χ3n) is 2.82. The van der Waals surface area contributed by atoms with Gasteiger partial charge in [-0.3, -0.25) is 0 Å². The highest BCUT2D eigenvalue weighted by Gasteiger charge is 2.30. The van der Waals surface area contributed by atoms with E-state index in [9.17, 15) is 13.2 Å². The quantitative estimate of drug-likeness (QED) is 0.681. The van der Waals surface area contributed by atoms with Crippen LogP contribution in [0.3, 0.4) is 0 Å². The van der Waals surface area contributed by atoms with E-state index in [1.165, 1.54) is 12.1 Å². The van der Waals surface area contributed by atoms with E-state index in [0.29, 0.717) is 5.56 Å². The molecule has 0 fully saturated rings. The van der Waals surface area contributed by atoms with Gasteiger partial charge in [0.25, 0.3) is 0 Å². The standard InChI is InChI=1S/C15H12F3/c1-10-4-3-5-12(8-10)14-9-13(15(16,17)18)7-6-11(14)2/h3,5-9H,1-2H3. The van der Waals surface area contributed by atoms with Gasteiger partial charge in [0.05, 0.1) is 5.56 Å². The SMILES string of the molecule is Cc1[c]ccc(-c2cc(C(F)(F)F)ccc2C)c1. The zero-order valence-electron chi connectivity index (χ0n) is 10.1. The molecule has 0 spiro atoms. The molecule has 0 aromatic heterocycles. The third-order valence-corrected chi connectivity index (χ3v) is 2.82. The first kappa shape index (κ1) is 12.7. The van der Waals surface area contributed by atoms with Crippen molar-refractivity contribution in [2.75, 3.05) is 0 Å². The summed E-state index contributed by atoms with van der Waals surface area (Å²) in [5, 5.41) is 0. The topological polar surface area (TPSA) is 0 Å². The molecule has 2 aromatic carbocycles. The highest BCUT2D eigenvalue weighted by molar-refractivity contribution is 5.68. The molecular formula is C15H12F3. The lowest BCUT2D eigenvalue weighted by molar-refractivity contribution is -0.137. The van der Waals surface area contributed by atoms with Crippen LogP contribution in [0.15, 0.2) is 36.4 Å². The van der Waals surface area contributed by atoms with Crippen LogP contribution in [0, 0.1) is 19.9 Å². The first-order chi connectivity index (χ1) is 8.38. The molecule has 2 aromatic rings. The Morgan fingerprint density at radius 3 is 2.33 bits per heavy atom. The zero-order chi connectivity index (χ0) is 13.3. The first-order valence-corrected chi connectivity index (χ1v) is 5.54. The monoisotopic (exact) mass is 249 g/mol. The molecular weight excluding hydrogens is 237 g/mol. The molecule has 2 rings (SSSR count). The van der Waals surface area contributed by atoms with Gasteiger partial charge in [0.2, 0.25) is 0 Å². The lowest BCUT2D eigenvalue weighted by atomic mass is 9.97. The second-order valence-corrected chi connectivity index (χ2v) is 4.29. The molecule has 0 N–H and O–H groups in total. The van der Waals surface area contributed by atoms with Crippen molar-refractivity contribution in [1.29, 1.82) is 0 Å². The van der Waals surface area contributed by atoms with Crippen molar-refractivity contribution >= 4 is 0 Å². The van der Waals surface area contributed by atoms with Crippen molar-refractivity contribution in [2.45, 2.75) is 20.0 Å². The molecule has 0 aliphatic carbocycles. The van der Waals surface area contributed by atoms with E-state index in [2.05, 4.69) is 6.07 Å². The molecule has 0 unspecified atom stereocenters. The van der Waals surface area contributed by atoms with E-state index in [0.717, 1.165) is 22.8 Å². The first-order valence-electron chi connectivity index (χ1n) is 5.54. The van der Waals surface area contributed by atoms with Gasteiger partial charge in [-0.15, -0.1) is 0 Å². The zero-order valence-corrected chi connectivity index (χ0v) is 10.1. The van der Waals surface area contributed by atoms with Crippen LogP contribution < -0.4 is 0 Å². The van der Waals surface area contributed by atoms with Crippen molar-refractivity contribution in [1.82, 2.24) is 0 Å². The van der Waals surface area contributed by atoms with Crippen LogP contribution in [-0.2, 0) is 6.18 Å². The Hall–Kier alpha value is -1.77. The molecule has 0 bridgehead atoms. The Kier molecular flexibility index (Phi) is 3.16. The fourth-order valence-electron chi connectivity index (χ4n) is 1.86. The van der Waals surface area contributed by atoms with E-state index in [4.69, 9.17) is 0 Å². The average Bonchev–Trinajstić information content (AvgIpc) is 2.28.